The van der Waals surface area contributed by atoms with Crippen LogP contribution in [0.1, 0.15) is 27.8 Å². The Morgan fingerprint density at radius 1 is 1.00 bits per heavy atom. The van der Waals surface area contributed by atoms with Crippen molar-refractivity contribution in [1.82, 2.24) is 0 Å². The molecule has 1 aliphatic heterocycles. The van der Waals surface area contributed by atoms with E-state index in [1.807, 2.05) is 57.2 Å². The molecule has 0 N–H and O–H groups in total. The first-order valence-electron chi connectivity index (χ1n) is 7.20. The van der Waals surface area contributed by atoms with Crippen molar-refractivity contribution in [3.05, 3.63) is 76.0 Å². The van der Waals surface area contributed by atoms with Gasteiger partial charge in [-0.25, -0.2) is 9.79 Å². The minimum atomic E-state index is -0.406. The topological polar surface area (TPSA) is 38.7 Å². The summed E-state index contributed by atoms with van der Waals surface area (Å²) in [6, 6.07) is 13.8. The van der Waals surface area contributed by atoms with Crippen LogP contribution in [-0.2, 0) is 9.53 Å². The van der Waals surface area contributed by atoms with Gasteiger partial charge in [0.2, 0.25) is 5.90 Å². The van der Waals surface area contributed by atoms with Gasteiger partial charge < -0.3 is 4.74 Å². The van der Waals surface area contributed by atoms with Crippen LogP contribution in [0.4, 0.5) is 0 Å². The lowest BCUT2D eigenvalue weighted by atomic mass is 10.0. The second kappa shape index (κ2) is 5.60. The number of rotatable bonds is 2. The Morgan fingerprint density at radius 2 is 1.77 bits per heavy atom. The minimum Gasteiger partial charge on any atom is -0.402 e. The summed E-state index contributed by atoms with van der Waals surface area (Å²) >= 11 is 0. The van der Waals surface area contributed by atoms with E-state index in [1.54, 1.807) is 6.08 Å². The van der Waals surface area contributed by atoms with E-state index in [2.05, 4.69) is 11.1 Å². The quantitative estimate of drug-likeness (QED) is 0.620. The first-order valence-corrected chi connectivity index (χ1v) is 7.20. The zero-order chi connectivity index (χ0) is 15.7. The third kappa shape index (κ3) is 2.84. The summed E-state index contributed by atoms with van der Waals surface area (Å²) in [7, 11) is 0. The molecule has 22 heavy (non-hydrogen) atoms. The second-order valence-corrected chi connectivity index (χ2v) is 5.57. The van der Waals surface area contributed by atoms with Crippen LogP contribution in [-0.4, -0.2) is 11.9 Å². The third-order valence-corrected chi connectivity index (χ3v) is 3.60. The minimum absolute atomic E-state index is 0.337. The lowest BCUT2D eigenvalue weighted by Gasteiger charge is -2.01. The van der Waals surface area contributed by atoms with Crippen LogP contribution in [0.25, 0.3) is 6.08 Å². The number of esters is 1. The van der Waals surface area contributed by atoms with Crippen molar-refractivity contribution in [3.63, 3.8) is 0 Å². The van der Waals surface area contributed by atoms with E-state index in [-0.39, 0.29) is 0 Å². The maximum Gasteiger partial charge on any atom is 0.363 e. The predicted molar refractivity (Wildman–Crippen MR) is 87.7 cm³/mol. The molecule has 0 saturated carbocycles. The van der Waals surface area contributed by atoms with Gasteiger partial charge in [-0.1, -0.05) is 41.5 Å². The zero-order valence-corrected chi connectivity index (χ0v) is 12.9. The molecule has 3 nitrogen and oxygen atoms in total. The lowest BCUT2D eigenvalue weighted by Crippen LogP contribution is -2.05. The van der Waals surface area contributed by atoms with Gasteiger partial charge in [-0.2, -0.15) is 0 Å². The fourth-order valence-electron chi connectivity index (χ4n) is 2.45. The summed E-state index contributed by atoms with van der Waals surface area (Å²) < 4.78 is 5.29. The molecule has 0 saturated heterocycles. The molecule has 3 heteroatoms. The van der Waals surface area contributed by atoms with E-state index in [4.69, 9.17) is 4.74 Å². The molecule has 0 aliphatic carbocycles. The molecule has 110 valence electrons. The average Bonchev–Trinajstić information content (AvgIpc) is 2.83. The highest BCUT2D eigenvalue weighted by Crippen LogP contribution is 2.21. The van der Waals surface area contributed by atoms with Crippen molar-refractivity contribution in [3.8, 4) is 0 Å². The smallest absolute Gasteiger partial charge is 0.363 e. The molecule has 1 heterocycles. The molecule has 0 aromatic heterocycles. The van der Waals surface area contributed by atoms with Gasteiger partial charge in [0, 0.05) is 5.56 Å². The van der Waals surface area contributed by atoms with E-state index in [0.717, 1.165) is 22.3 Å². The van der Waals surface area contributed by atoms with Crippen LogP contribution in [0.3, 0.4) is 0 Å². The van der Waals surface area contributed by atoms with Crippen LogP contribution in [0.15, 0.2) is 53.2 Å². The Balaban J connectivity index is 1.97. The molecule has 2 aromatic carbocycles. The van der Waals surface area contributed by atoms with Crippen LogP contribution in [0.5, 0.6) is 0 Å². The Hall–Kier alpha value is -2.68. The maximum absolute atomic E-state index is 12.0. The lowest BCUT2D eigenvalue weighted by molar-refractivity contribution is -0.129. The number of hydrogen-bond donors (Lipinski definition) is 0. The fraction of sp³-hybridized carbons (Fsp3) is 0.158. The first kappa shape index (κ1) is 14.3. The van der Waals surface area contributed by atoms with Crippen molar-refractivity contribution in [1.29, 1.82) is 0 Å². The van der Waals surface area contributed by atoms with Gasteiger partial charge in [0.05, 0.1) is 0 Å². The van der Waals surface area contributed by atoms with Crippen molar-refractivity contribution in [2.24, 2.45) is 4.99 Å². The van der Waals surface area contributed by atoms with Gasteiger partial charge in [0.1, 0.15) is 0 Å². The van der Waals surface area contributed by atoms with E-state index in [9.17, 15) is 4.79 Å². The largest absolute Gasteiger partial charge is 0.402 e. The molecule has 2 aromatic rings. The van der Waals surface area contributed by atoms with Crippen molar-refractivity contribution in [2.75, 3.05) is 0 Å². The zero-order valence-electron chi connectivity index (χ0n) is 12.9. The van der Waals surface area contributed by atoms with Crippen molar-refractivity contribution >= 4 is 17.9 Å². The fourth-order valence-corrected chi connectivity index (χ4v) is 2.45. The van der Waals surface area contributed by atoms with Gasteiger partial charge in [-0.3, -0.25) is 0 Å². The van der Waals surface area contributed by atoms with Crippen molar-refractivity contribution < 1.29 is 9.53 Å². The van der Waals surface area contributed by atoms with Gasteiger partial charge in [0.25, 0.3) is 0 Å². The Kier molecular flexibility index (Phi) is 3.63. The monoisotopic (exact) mass is 291 g/mol. The number of carbonyl (C=O) groups is 1. The van der Waals surface area contributed by atoms with Crippen LogP contribution >= 0.6 is 0 Å². The normalized spacial score (nSPS) is 15.9. The summed E-state index contributed by atoms with van der Waals surface area (Å²) in [5.41, 5.74) is 5.53. The summed E-state index contributed by atoms with van der Waals surface area (Å²) in [6.45, 7) is 6.06. The highest BCUT2D eigenvalue weighted by molar-refractivity contribution is 6.12. The van der Waals surface area contributed by atoms with E-state index >= 15 is 0 Å². The molecule has 1 aliphatic rings. The second-order valence-electron chi connectivity index (χ2n) is 5.57. The number of benzene rings is 2. The molecule has 0 fully saturated rings. The molecule has 0 amide bonds. The Morgan fingerprint density at radius 3 is 2.50 bits per heavy atom. The molecular weight excluding hydrogens is 274 g/mol. The number of carbonyl (C=O) groups excluding carboxylic acids is 1. The number of cyclic esters (lactones) is 1. The van der Waals surface area contributed by atoms with Crippen LogP contribution < -0.4 is 0 Å². The highest BCUT2D eigenvalue weighted by atomic mass is 16.6. The first-order chi connectivity index (χ1) is 10.5. The molecule has 0 unspecified atom stereocenters. The van der Waals surface area contributed by atoms with E-state index in [1.165, 1.54) is 5.56 Å². The summed E-state index contributed by atoms with van der Waals surface area (Å²) in [5, 5.41) is 0. The summed E-state index contributed by atoms with van der Waals surface area (Å²) in [5.74, 6) is -0.0406. The van der Waals surface area contributed by atoms with E-state index in [0.29, 0.717) is 11.6 Å². The SMILES string of the molecule is Cc1cccc(C2=N/C(=C\c3ccc(C)cc3C)C(=O)O2)c1. The number of ether oxygens (including phenoxy) is 1. The molecule has 0 atom stereocenters. The summed E-state index contributed by atoms with van der Waals surface area (Å²) in [4.78, 5) is 16.4. The van der Waals surface area contributed by atoms with Crippen molar-refractivity contribution in [2.45, 2.75) is 20.8 Å². The predicted octanol–water partition coefficient (Wildman–Crippen LogP) is 3.96. The molecule has 0 spiro atoms. The number of hydrogen-bond acceptors (Lipinski definition) is 3. The van der Waals surface area contributed by atoms with Gasteiger partial charge in [-0.15, -0.1) is 0 Å². The van der Waals surface area contributed by atoms with Gasteiger partial charge in [0.15, 0.2) is 5.70 Å². The summed E-state index contributed by atoms with van der Waals surface area (Å²) in [6.07, 6.45) is 1.78. The highest BCUT2D eigenvalue weighted by Gasteiger charge is 2.24. The molecule has 0 radical (unpaired) electrons. The molecule has 0 bridgehead atoms. The Bertz CT molecular complexity index is 816. The van der Waals surface area contributed by atoms with Gasteiger partial charge >= 0.3 is 5.97 Å². The number of aliphatic imine (C=N–C) groups is 1. The Labute approximate surface area is 130 Å². The molecular formula is C19H17NO2. The van der Waals surface area contributed by atoms with Crippen LogP contribution in [0.2, 0.25) is 0 Å². The van der Waals surface area contributed by atoms with Gasteiger partial charge in [-0.05, 0) is 50.1 Å². The number of nitrogens with zero attached hydrogens (tertiary/aromatic N) is 1. The number of aryl methyl sites for hydroxylation is 3. The van der Waals surface area contributed by atoms with Crippen LogP contribution in [0, 0.1) is 20.8 Å². The molecule has 3 rings (SSSR count). The third-order valence-electron chi connectivity index (χ3n) is 3.60. The maximum atomic E-state index is 12.0. The standard InChI is InChI=1S/C19H17NO2/c1-12-5-4-6-16(10-12)18-20-17(19(21)22-18)11-15-8-7-13(2)9-14(15)3/h4-11H,1-3H3/b17-11-. The average molecular weight is 291 g/mol. The van der Waals surface area contributed by atoms with E-state index < -0.39 is 5.97 Å².